The lowest BCUT2D eigenvalue weighted by molar-refractivity contribution is -0.137. The number of benzene rings is 3. The van der Waals surface area contributed by atoms with Crippen molar-refractivity contribution in [3.05, 3.63) is 106 Å². The Hall–Kier alpha value is -4.84. The van der Waals surface area contributed by atoms with E-state index in [1.54, 1.807) is 42.5 Å². The number of aromatic nitrogens is 1. The summed E-state index contributed by atoms with van der Waals surface area (Å²) in [5.74, 6) is 0.703. The third kappa shape index (κ3) is 4.57. The van der Waals surface area contributed by atoms with Crippen LogP contribution in [0.5, 0.6) is 5.75 Å². The Morgan fingerprint density at radius 1 is 0.972 bits per heavy atom. The number of ether oxygens (including phenoxy) is 1. The molecule has 0 aliphatic heterocycles. The number of nitrogens with zero attached hydrogens (tertiary/aromatic N) is 2. The maximum absolute atomic E-state index is 13.0. The van der Waals surface area contributed by atoms with Crippen LogP contribution in [0.15, 0.2) is 92.8 Å². The van der Waals surface area contributed by atoms with Gasteiger partial charge in [-0.2, -0.15) is 18.4 Å². The number of halogens is 3. The molecule has 178 valence electrons. The molecule has 5 rings (SSSR count). The molecule has 0 saturated heterocycles. The summed E-state index contributed by atoms with van der Waals surface area (Å²) in [6, 6.07) is 19.7. The Bertz CT molecular complexity index is 1660. The molecule has 3 aromatic carbocycles. The fourth-order valence-corrected chi connectivity index (χ4v) is 3.65. The lowest BCUT2D eigenvalue weighted by atomic mass is 10.0. The molecule has 6 nitrogen and oxygen atoms in total. The van der Waals surface area contributed by atoms with Crippen molar-refractivity contribution in [2.24, 2.45) is 0 Å². The molecule has 0 aliphatic rings. The molecule has 0 aliphatic carbocycles. The molecule has 0 bridgehead atoms. The van der Waals surface area contributed by atoms with E-state index in [0.29, 0.717) is 39.2 Å². The lowest BCUT2D eigenvalue weighted by Crippen LogP contribution is -2.05. The van der Waals surface area contributed by atoms with Crippen molar-refractivity contribution in [1.82, 2.24) is 5.16 Å². The first kappa shape index (κ1) is 22.9. The third-order valence-corrected chi connectivity index (χ3v) is 5.50. The van der Waals surface area contributed by atoms with Crippen LogP contribution in [0.1, 0.15) is 16.9 Å². The van der Waals surface area contributed by atoms with Crippen LogP contribution in [-0.4, -0.2) is 5.16 Å². The largest absolute Gasteiger partial charge is 0.485 e. The van der Waals surface area contributed by atoms with Gasteiger partial charge in [0.25, 0.3) is 0 Å². The van der Waals surface area contributed by atoms with Gasteiger partial charge in [0, 0.05) is 17.7 Å². The molecule has 0 fully saturated rings. The molecular weight excluding hydrogens is 473 g/mol. The highest BCUT2D eigenvalue weighted by Gasteiger charge is 2.30. The van der Waals surface area contributed by atoms with E-state index in [1.165, 1.54) is 24.5 Å². The second kappa shape index (κ2) is 9.07. The van der Waals surface area contributed by atoms with Crippen LogP contribution in [0.3, 0.4) is 0 Å². The minimum atomic E-state index is -4.46. The molecule has 0 unspecified atom stereocenters. The highest BCUT2D eigenvalue weighted by Crippen LogP contribution is 2.32. The van der Waals surface area contributed by atoms with E-state index in [2.05, 4.69) is 5.16 Å². The summed E-state index contributed by atoms with van der Waals surface area (Å²) >= 11 is 0. The molecule has 0 amide bonds. The van der Waals surface area contributed by atoms with Crippen molar-refractivity contribution in [3.63, 3.8) is 0 Å². The standard InChI is InChI=1S/C27H15F3N2O4/c28-27(29,30)19-3-1-2-18(10-19)24-11-21(36-32-24)14-34-20-8-9-22-25(12-20)35-15-23(26(22)33)17-6-4-16(13-31)5-7-17/h1-12,15H,14H2. The Balaban J connectivity index is 1.33. The number of hydrogen-bond acceptors (Lipinski definition) is 6. The summed E-state index contributed by atoms with van der Waals surface area (Å²) in [5, 5.41) is 13.1. The fraction of sp³-hybridized carbons (Fsp3) is 0.0741. The number of fused-ring (bicyclic) bond motifs is 1. The maximum Gasteiger partial charge on any atom is 0.416 e. The Morgan fingerprint density at radius 3 is 2.53 bits per heavy atom. The van der Waals surface area contributed by atoms with E-state index < -0.39 is 11.7 Å². The monoisotopic (exact) mass is 488 g/mol. The molecule has 2 aromatic heterocycles. The normalized spacial score (nSPS) is 11.4. The Kier molecular flexibility index (Phi) is 5.78. The van der Waals surface area contributed by atoms with E-state index in [0.717, 1.165) is 12.1 Å². The Labute approximate surface area is 201 Å². The molecule has 36 heavy (non-hydrogen) atoms. The van der Waals surface area contributed by atoms with Crippen LogP contribution < -0.4 is 10.2 Å². The second-order valence-electron chi connectivity index (χ2n) is 7.87. The molecule has 0 spiro atoms. The summed E-state index contributed by atoms with van der Waals surface area (Å²) in [6.45, 7) is -0.0367. The number of alkyl halides is 3. The van der Waals surface area contributed by atoms with E-state index in [1.807, 2.05) is 6.07 Å². The van der Waals surface area contributed by atoms with Crippen molar-refractivity contribution in [3.8, 4) is 34.2 Å². The highest BCUT2D eigenvalue weighted by atomic mass is 19.4. The van der Waals surface area contributed by atoms with Crippen molar-refractivity contribution >= 4 is 11.0 Å². The number of hydrogen-bond donors (Lipinski definition) is 0. The quantitative estimate of drug-likeness (QED) is 0.277. The first-order valence-corrected chi connectivity index (χ1v) is 10.6. The van der Waals surface area contributed by atoms with Gasteiger partial charge in [-0.05, 0) is 42.0 Å². The molecule has 0 N–H and O–H groups in total. The molecule has 5 aromatic rings. The minimum absolute atomic E-state index is 0.0367. The van der Waals surface area contributed by atoms with Gasteiger partial charge in [-0.25, -0.2) is 0 Å². The van der Waals surface area contributed by atoms with Crippen molar-refractivity contribution in [2.75, 3.05) is 0 Å². The van der Waals surface area contributed by atoms with Gasteiger partial charge in [-0.1, -0.05) is 29.4 Å². The second-order valence-corrected chi connectivity index (χ2v) is 7.87. The van der Waals surface area contributed by atoms with Gasteiger partial charge in [0.15, 0.2) is 11.2 Å². The summed E-state index contributed by atoms with van der Waals surface area (Å²) in [6.07, 6.45) is -3.10. The van der Waals surface area contributed by atoms with Gasteiger partial charge in [0.1, 0.15) is 29.9 Å². The van der Waals surface area contributed by atoms with E-state index in [4.69, 9.17) is 18.9 Å². The van der Waals surface area contributed by atoms with Crippen LogP contribution in [0.25, 0.3) is 33.4 Å². The summed E-state index contributed by atoms with van der Waals surface area (Å²) in [5.41, 5.74) is 1.31. The third-order valence-electron chi connectivity index (χ3n) is 5.50. The fourth-order valence-electron chi connectivity index (χ4n) is 3.65. The molecule has 0 atom stereocenters. The lowest BCUT2D eigenvalue weighted by Gasteiger charge is -2.07. The average molecular weight is 488 g/mol. The average Bonchev–Trinajstić information content (AvgIpc) is 3.37. The van der Waals surface area contributed by atoms with Gasteiger partial charge in [0.05, 0.1) is 28.1 Å². The molecule has 0 radical (unpaired) electrons. The number of nitriles is 1. The topological polar surface area (TPSA) is 89.3 Å². The molecule has 9 heteroatoms. The van der Waals surface area contributed by atoms with Gasteiger partial charge < -0.3 is 13.7 Å². The van der Waals surface area contributed by atoms with Gasteiger partial charge in [-0.3, -0.25) is 4.79 Å². The van der Waals surface area contributed by atoms with E-state index in [9.17, 15) is 18.0 Å². The predicted octanol–water partition coefficient (Wildman–Crippen LogP) is 6.58. The van der Waals surface area contributed by atoms with E-state index in [-0.39, 0.29) is 23.3 Å². The number of rotatable bonds is 5. The summed E-state index contributed by atoms with van der Waals surface area (Å²) in [7, 11) is 0. The van der Waals surface area contributed by atoms with Crippen molar-refractivity contribution in [1.29, 1.82) is 5.26 Å². The zero-order chi connectivity index (χ0) is 25.3. The zero-order valence-corrected chi connectivity index (χ0v) is 18.4. The van der Waals surface area contributed by atoms with Crippen molar-refractivity contribution in [2.45, 2.75) is 12.8 Å². The van der Waals surface area contributed by atoms with E-state index >= 15 is 0 Å². The van der Waals surface area contributed by atoms with Crippen LogP contribution in [-0.2, 0) is 12.8 Å². The van der Waals surface area contributed by atoms with Crippen molar-refractivity contribution < 1.29 is 26.8 Å². The van der Waals surface area contributed by atoms with Gasteiger partial charge in [0.2, 0.25) is 0 Å². The van der Waals surface area contributed by atoms with Gasteiger partial charge in [-0.15, -0.1) is 0 Å². The summed E-state index contributed by atoms with van der Waals surface area (Å²) in [4.78, 5) is 12.9. The predicted molar refractivity (Wildman–Crippen MR) is 124 cm³/mol. The first-order chi connectivity index (χ1) is 17.3. The van der Waals surface area contributed by atoms with Crippen LogP contribution in [0.2, 0.25) is 0 Å². The molecule has 2 heterocycles. The minimum Gasteiger partial charge on any atom is -0.485 e. The SMILES string of the molecule is N#Cc1ccc(-c2coc3cc(OCc4cc(-c5cccc(C(F)(F)F)c5)no4)ccc3c2=O)cc1. The van der Waals surface area contributed by atoms with Crippen LogP contribution in [0, 0.1) is 11.3 Å². The first-order valence-electron chi connectivity index (χ1n) is 10.6. The zero-order valence-electron chi connectivity index (χ0n) is 18.4. The highest BCUT2D eigenvalue weighted by molar-refractivity contribution is 5.82. The smallest absolute Gasteiger partial charge is 0.416 e. The molecular formula is C27H15F3N2O4. The Morgan fingerprint density at radius 2 is 1.78 bits per heavy atom. The van der Waals surface area contributed by atoms with Gasteiger partial charge >= 0.3 is 6.18 Å². The molecule has 0 saturated carbocycles. The summed E-state index contributed by atoms with van der Waals surface area (Å²) < 4.78 is 55.5. The van der Waals surface area contributed by atoms with Crippen LogP contribution in [0.4, 0.5) is 13.2 Å². The van der Waals surface area contributed by atoms with Crippen LogP contribution >= 0.6 is 0 Å². The maximum atomic E-state index is 13.0.